The van der Waals surface area contributed by atoms with Crippen LogP contribution >= 0.6 is 0 Å². The number of aliphatic hydroxyl groups excluding tert-OH is 1. The SMILES string of the molecule is Cc1ccc(C(=O)NC2CC2)cc1-n1cnc2ccc(NCC(C)(C)CO)cc2c1=O. The van der Waals surface area contributed by atoms with Crippen LogP contribution in [0.25, 0.3) is 16.6 Å². The molecule has 0 unspecified atom stereocenters. The number of anilines is 1. The summed E-state index contributed by atoms with van der Waals surface area (Å²) < 4.78 is 1.49. The maximum absolute atomic E-state index is 13.3. The number of carbonyl (C=O) groups excluding carboxylic acids is 1. The van der Waals surface area contributed by atoms with Gasteiger partial charge in [0.1, 0.15) is 6.33 Å². The minimum Gasteiger partial charge on any atom is -0.396 e. The highest BCUT2D eigenvalue weighted by Crippen LogP contribution is 2.22. The molecular weight excluding hydrogens is 392 g/mol. The fourth-order valence-electron chi connectivity index (χ4n) is 3.31. The van der Waals surface area contributed by atoms with E-state index >= 15 is 0 Å². The molecule has 1 fully saturated rings. The molecule has 1 amide bonds. The van der Waals surface area contributed by atoms with Crippen LogP contribution in [0, 0.1) is 12.3 Å². The predicted octanol–water partition coefficient (Wildman–Crippen LogP) is 3.02. The number of nitrogens with zero attached hydrogens (tertiary/aromatic N) is 2. The second-order valence-electron chi connectivity index (χ2n) is 9.08. The summed E-state index contributed by atoms with van der Waals surface area (Å²) in [6.45, 7) is 6.46. The number of aryl methyl sites for hydroxylation is 1. The van der Waals surface area contributed by atoms with E-state index in [0.29, 0.717) is 28.7 Å². The Kier molecular flexibility index (Phi) is 5.54. The maximum atomic E-state index is 13.3. The highest BCUT2D eigenvalue weighted by Gasteiger charge is 2.24. The molecule has 3 N–H and O–H groups in total. The van der Waals surface area contributed by atoms with Gasteiger partial charge >= 0.3 is 0 Å². The standard InChI is InChI=1S/C24H28N4O3/c1-15-4-5-16(22(30)27-17-6-7-17)10-21(15)28-14-26-20-9-8-18(11-19(20)23(28)31)25-12-24(2,3)13-29/h4-5,8-11,14,17,25,29H,6-7,12-13H2,1-3H3,(H,27,30). The molecule has 162 valence electrons. The average Bonchev–Trinajstić information content (AvgIpc) is 3.57. The highest BCUT2D eigenvalue weighted by atomic mass is 16.3. The van der Waals surface area contributed by atoms with E-state index in [1.54, 1.807) is 18.2 Å². The zero-order valence-electron chi connectivity index (χ0n) is 18.1. The van der Waals surface area contributed by atoms with Crippen molar-refractivity contribution in [3.05, 3.63) is 64.2 Å². The molecule has 1 aliphatic carbocycles. The van der Waals surface area contributed by atoms with Gasteiger partial charge in [-0.3, -0.25) is 14.2 Å². The van der Waals surface area contributed by atoms with Crippen molar-refractivity contribution in [3.8, 4) is 5.69 Å². The Bertz CT molecular complexity index is 1200. The summed E-state index contributed by atoms with van der Waals surface area (Å²) in [4.78, 5) is 30.2. The molecule has 0 saturated heterocycles. The number of rotatable bonds is 7. The quantitative estimate of drug-likeness (QED) is 0.546. The Morgan fingerprint density at radius 1 is 1.23 bits per heavy atom. The Morgan fingerprint density at radius 3 is 2.71 bits per heavy atom. The molecule has 4 rings (SSSR count). The Balaban J connectivity index is 1.70. The number of carbonyl (C=O) groups is 1. The zero-order valence-corrected chi connectivity index (χ0v) is 18.1. The minimum atomic E-state index is -0.275. The van der Waals surface area contributed by atoms with Crippen LogP contribution in [0.5, 0.6) is 0 Å². The van der Waals surface area contributed by atoms with Gasteiger partial charge in [-0.2, -0.15) is 0 Å². The summed E-state index contributed by atoms with van der Waals surface area (Å²) in [6, 6.07) is 11.1. The second kappa shape index (κ2) is 8.15. The van der Waals surface area contributed by atoms with Crippen LogP contribution in [0.3, 0.4) is 0 Å². The number of hydrogen-bond acceptors (Lipinski definition) is 5. The van der Waals surface area contributed by atoms with Crippen molar-refractivity contribution >= 4 is 22.5 Å². The molecule has 0 atom stereocenters. The van der Waals surface area contributed by atoms with E-state index in [-0.39, 0.29) is 29.5 Å². The second-order valence-corrected chi connectivity index (χ2v) is 9.08. The Labute approximate surface area is 181 Å². The van der Waals surface area contributed by atoms with Gasteiger partial charge in [-0.15, -0.1) is 0 Å². The van der Waals surface area contributed by atoms with Crippen molar-refractivity contribution in [3.63, 3.8) is 0 Å². The normalized spacial score (nSPS) is 13.9. The largest absolute Gasteiger partial charge is 0.396 e. The van der Waals surface area contributed by atoms with Crippen LogP contribution in [-0.2, 0) is 0 Å². The van der Waals surface area contributed by atoms with Crippen LogP contribution in [0.1, 0.15) is 42.6 Å². The Hall–Kier alpha value is -3.19. The molecule has 1 aliphatic rings. The van der Waals surface area contributed by atoms with Gasteiger partial charge in [0, 0.05) is 35.9 Å². The fourth-order valence-corrected chi connectivity index (χ4v) is 3.31. The maximum Gasteiger partial charge on any atom is 0.265 e. The van der Waals surface area contributed by atoms with Crippen molar-refractivity contribution in [2.75, 3.05) is 18.5 Å². The van der Waals surface area contributed by atoms with Crippen molar-refractivity contribution in [2.24, 2.45) is 5.41 Å². The fraction of sp³-hybridized carbons (Fsp3) is 0.375. The first-order chi connectivity index (χ1) is 14.8. The molecule has 2 aromatic carbocycles. The summed E-state index contributed by atoms with van der Waals surface area (Å²) in [5.41, 5.74) is 2.98. The molecule has 0 radical (unpaired) electrons. The number of amides is 1. The van der Waals surface area contributed by atoms with Gasteiger partial charge in [-0.05, 0) is 55.7 Å². The monoisotopic (exact) mass is 420 g/mol. The third-order valence-corrected chi connectivity index (χ3v) is 5.60. The number of fused-ring (bicyclic) bond motifs is 1. The van der Waals surface area contributed by atoms with Crippen LogP contribution in [0.4, 0.5) is 5.69 Å². The summed E-state index contributed by atoms with van der Waals surface area (Å²) >= 11 is 0. The number of benzene rings is 2. The highest BCUT2D eigenvalue weighted by molar-refractivity contribution is 5.95. The molecule has 1 saturated carbocycles. The van der Waals surface area contributed by atoms with Crippen LogP contribution in [0.2, 0.25) is 0 Å². The molecule has 31 heavy (non-hydrogen) atoms. The van der Waals surface area contributed by atoms with Crippen LogP contribution < -0.4 is 16.2 Å². The van der Waals surface area contributed by atoms with Gasteiger partial charge in [-0.25, -0.2) is 4.98 Å². The van der Waals surface area contributed by atoms with E-state index in [1.807, 2.05) is 39.0 Å². The van der Waals surface area contributed by atoms with Crippen molar-refractivity contribution < 1.29 is 9.90 Å². The lowest BCUT2D eigenvalue weighted by Gasteiger charge is -2.22. The van der Waals surface area contributed by atoms with E-state index in [1.165, 1.54) is 10.9 Å². The van der Waals surface area contributed by atoms with E-state index in [4.69, 9.17) is 0 Å². The van der Waals surface area contributed by atoms with E-state index in [2.05, 4.69) is 15.6 Å². The van der Waals surface area contributed by atoms with Crippen molar-refractivity contribution in [1.29, 1.82) is 0 Å². The van der Waals surface area contributed by atoms with Crippen LogP contribution in [-0.4, -0.2) is 39.8 Å². The predicted molar refractivity (Wildman–Crippen MR) is 122 cm³/mol. The van der Waals surface area contributed by atoms with Crippen molar-refractivity contribution in [2.45, 2.75) is 39.7 Å². The molecular formula is C24H28N4O3. The molecule has 0 bridgehead atoms. The van der Waals surface area contributed by atoms with Gasteiger partial charge in [0.15, 0.2) is 0 Å². The summed E-state index contributed by atoms with van der Waals surface area (Å²) in [6.07, 6.45) is 3.55. The molecule has 1 heterocycles. The number of hydrogen-bond donors (Lipinski definition) is 3. The van der Waals surface area contributed by atoms with Gasteiger partial charge in [0.05, 0.1) is 16.6 Å². The summed E-state index contributed by atoms with van der Waals surface area (Å²) in [5, 5.41) is 16.2. The van der Waals surface area contributed by atoms with E-state index < -0.39 is 0 Å². The first-order valence-corrected chi connectivity index (χ1v) is 10.6. The first kappa shape index (κ1) is 21.1. The number of nitrogens with one attached hydrogen (secondary N) is 2. The van der Waals surface area contributed by atoms with E-state index in [9.17, 15) is 14.7 Å². The lowest BCUT2D eigenvalue weighted by molar-refractivity contribution is 0.0951. The van der Waals surface area contributed by atoms with Gasteiger partial charge < -0.3 is 15.7 Å². The molecule has 7 nitrogen and oxygen atoms in total. The summed E-state index contributed by atoms with van der Waals surface area (Å²) in [5.74, 6) is -0.122. The average molecular weight is 421 g/mol. The summed E-state index contributed by atoms with van der Waals surface area (Å²) in [7, 11) is 0. The molecule has 1 aromatic heterocycles. The lowest BCUT2D eigenvalue weighted by atomic mass is 9.95. The van der Waals surface area contributed by atoms with Gasteiger partial charge in [-0.1, -0.05) is 19.9 Å². The minimum absolute atomic E-state index is 0.0614. The topological polar surface area (TPSA) is 96.2 Å². The molecule has 3 aromatic rings. The van der Waals surface area contributed by atoms with E-state index in [0.717, 1.165) is 24.1 Å². The molecule has 7 heteroatoms. The smallest absolute Gasteiger partial charge is 0.265 e. The molecule has 0 spiro atoms. The number of aliphatic hydroxyl groups is 1. The van der Waals surface area contributed by atoms with Gasteiger partial charge in [0.2, 0.25) is 0 Å². The first-order valence-electron chi connectivity index (χ1n) is 10.6. The third kappa shape index (κ3) is 4.61. The number of aromatic nitrogens is 2. The van der Waals surface area contributed by atoms with Crippen molar-refractivity contribution in [1.82, 2.24) is 14.9 Å². The zero-order chi connectivity index (χ0) is 22.2. The Morgan fingerprint density at radius 2 is 2.00 bits per heavy atom. The lowest BCUT2D eigenvalue weighted by Crippen LogP contribution is -2.27. The van der Waals surface area contributed by atoms with Gasteiger partial charge in [0.25, 0.3) is 11.5 Å². The third-order valence-electron chi connectivity index (χ3n) is 5.60. The molecule has 0 aliphatic heterocycles. The van der Waals surface area contributed by atoms with Crippen LogP contribution in [0.15, 0.2) is 47.5 Å².